The maximum absolute atomic E-state index is 10.9. The SMILES string of the molecule is CC1CC(C)CN(C2CCCc3ccccc3C2O)C1. The molecule has 3 rings (SSSR count). The summed E-state index contributed by atoms with van der Waals surface area (Å²) in [6, 6.07) is 8.77. The molecular weight excluding hydrogens is 246 g/mol. The van der Waals surface area contributed by atoms with Gasteiger partial charge in [0.25, 0.3) is 0 Å². The molecule has 4 unspecified atom stereocenters. The smallest absolute Gasteiger partial charge is 0.0947 e. The fourth-order valence-electron chi connectivity index (χ4n) is 4.28. The molecule has 1 aromatic carbocycles. The van der Waals surface area contributed by atoms with E-state index >= 15 is 0 Å². The molecule has 0 aromatic heterocycles. The van der Waals surface area contributed by atoms with Gasteiger partial charge in [0.15, 0.2) is 0 Å². The van der Waals surface area contributed by atoms with Gasteiger partial charge in [-0.1, -0.05) is 38.1 Å². The summed E-state index contributed by atoms with van der Waals surface area (Å²) in [6.07, 6.45) is 4.44. The lowest BCUT2D eigenvalue weighted by atomic mass is 9.88. The van der Waals surface area contributed by atoms with Gasteiger partial charge in [-0.15, -0.1) is 0 Å². The quantitative estimate of drug-likeness (QED) is 0.793. The Labute approximate surface area is 122 Å². The largest absolute Gasteiger partial charge is 0.387 e. The molecule has 1 fully saturated rings. The van der Waals surface area contributed by atoms with E-state index in [2.05, 4.69) is 43.0 Å². The zero-order valence-electron chi connectivity index (χ0n) is 12.8. The Morgan fingerprint density at radius 2 is 1.80 bits per heavy atom. The number of fused-ring (bicyclic) bond motifs is 1. The van der Waals surface area contributed by atoms with Gasteiger partial charge in [-0.3, -0.25) is 4.90 Å². The third-order valence-electron chi connectivity index (χ3n) is 5.05. The molecule has 0 amide bonds. The summed E-state index contributed by atoms with van der Waals surface area (Å²) in [4.78, 5) is 2.56. The maximum atomic E-state index is 10.9. The number of nitrogens with zero attached hydrogens (tertiary/aromatic N) is 1. The van der Waals surface area contributed by atoms with E-state index in [9.17, 15) is 5.11 Å². The molecule has 2 aliphatic rings. The van der Waals surface area contributed by atoms with Gasteiger partial charge in [0.1, 0.15) is 0 Å². The van der Waals surface area contributed by atoms with E-state index in [1.54, 1.807) is 0 Å². The molecular formula is C18H27NO. The van der Waals surface area contributed by atoms with E-state index in [1.165, 1.54) is 24.0 Å². The molecule has 1 N–H and O–H groups in total. The van der Waals surface area contributed by atoms with Crippen molar-refractivity contribution in [3.8, 4) is 0 Å². The van der Waals surface area contributed by atoms with Crippen molar-refractivity contribution in [2.75, 3.05) is 13.1 Å². The fourth-order valence-corrected chi connectivity index (χ4v) is 4.28. The Balaban J connectivity index is 1.83. The van der Waals surface area contributed by atoms with Crippen LogP contribution in [0.4, 0.5) is 0 Å². The average molecular weight is 273 g/mol. The molecule has 110 valence electrons. The summed E-state index contributed by atoms with van der Waals surface area (Å²) in [6.45, 7) is 6.99. The van der Waals surface area contributed by atoms with Crippen LogP contribution in [0, 0.1) is 11.8 Å². The van der Waals surface area contributed by atoms with Crippen molar-refractivity contribution in [3.63, 3.8) is 0 Å². The Morgan fingerprint density at radius 3 is 2.55 bits per heavy atom. The highest BCUT2D eigenvalue weighted by Crippen LogP contribution is 2.34. The van der Waals surface area contributed by atoms with E-state index in [0.29, 0.717) is 6.04 Å². The topological polar surface area (TPSA) is 23.5 Å². The van der Waals surface area contributed by atoms with Gasteiger partial charge in [-0.25, -0.2) is 0 Å². The number of piperidine rings is 1. The summed E-state index contributed by atoms with van der Waals surface area (Å²) in [7, 11) is 0. The Bertz CT molecular complexity index is 448. The number of aliphatic hydroxyl groups is 1. The van der Waals surface area contributed by atoms with Crippen LogP contribution < -0.4 is 0 Å². The molecule has 0 bridgehead atoms. The Hall–Kier alpha value is -0.860. The van der Waals surface area contributed by atoms with Crippen molar-refractivity contribution in [2.45, 2.75) is 51.7 Å². The van der Waals surface area contributed by atoms with Crippen molar-refractivity contribution in [2.24, 2.45) is 11.8 Å². The molecule has 2 heteroatoms. The zero-order valence-corrected chi connectivity index (χ0v) is 12.8. The highest BCUT2D eigenvalue weighted by Gasteiger charge is 2.34. The number of hydrogen-bond donors (Lipinski definition) is 1. The number of hydrogen-bond acceptors (Lipinski definition) is 2. The summed E-state index contributed by atoms with van der Waals surface area (Å²) >= 11 is 0. The van der Waals surface area contributed by atoms with Crippen LogP contribution in [0.2, 0.25) is 0 Å². The molecule has 1 saturated heterocycles. The van der Waals surface area contributed by atoms with Gasteiger partial charge in [0, 0.05) is 19.1 Å². The van der Waals surface area contributed by atoms with E-state index in [4.69, 9.17) is 0 Å². The minimum Gasteiger partial charge on any atom is -0.387 e. The second kappa shape index (κ2) is 5.87. The van der Waals surface area contributed by atoms with Crippen molar-refractivity contribution in [1.82, 2.24) is 4.90 Å². The second-order valence-corrected chi connectivity index (χ2v) is 7.00. The highest BCUT2D eigenvalue weighted by atomic mass is 16.3. The normalized spacial score (nSPS) is 35.4. The molecule has 0 spiro atoms. The first-order valence-electron chi connectivity index (χ1n) is 8.15. The maximum Gasteiger partial charge on any atom is 0.0947 e. The number of aryl methyl sites for hydroxylation is 1. The standard InChI is InChI=1S/C18H27NO/c1-13-10-14(2)12-19(11-13)17-9-5-7-15-6-3-4-8-16(15)18(17)20/h3-4,6,8,13-14,17-18,20H,5,7,9-12H2,1-2H3. The molecule has 0 saturated carbocycles. The molecule has 0 radical (unpaired) electrons. The number of benzene rings is 1. The van der Waals surface area contributed by atoms with Crippen LogP contribution in [0.3, 0.4) is 0 Å². The minimum absolute atomic E-state index is 0.309. The van der Waals surface area contributed by atoms with Gasteiger partial charge in [0.05, 0.1) is 6.10 Å². The van der Waals surface area contributed by atoms with Crippen LogP contribution in [-0.2, 0) is 6.42 Å². The average Bonchev–Trinajstić information content (AvgIpc) is 2.58. The Morgan fingerprint density at radius 1 is 1.10 bits per heavy atom. The minimum atomic E-state index is -0.314. The van der Waals surface area contributed by atoms with Gasteiger partial charge in [-0.05, 0) is 48.6 Å². The third kappa shape index (κ3) is 2.77. The third-order valence-corrected chi connectivity index (χ3v) is 5.05. The molecule has 2 nitrogen and oxygen atoms in total. The molecule has 1 aliphatic heterocycles. The first-order valence-corrected chi connectivity index (χ1v) is 8.15. The predicted octanol–water partition coefficient (Wildman–Crippen LogP) is 3.40. The van der Waals surface area contributed by atoms with Crippen molar-refractivity contribution in [3.05, 3.63) is 35.4 Å². The summed E-state index contributed by atoms with van der Waals surface area (Å²) in [5.74, 6) is 1.51. The monoisotopic (exact) mass is 273 g/mol. The molecule has 1 aromatic rings. The van der Waals surface area contributed by atoms with Crippen molar-refractivity contribution < 1.29 is 5.11 Å². The van der Waals surface area contributed by atoms with Crippen LogP contribution in [-0.4, -0.2) is 29.1 Å². The summed E-state index contributed by atoms with van der Waals surface area (Å²) in [5.41, 5.74) is 2.52. The zero-order chi connectivity index (χ0) is 14.1. The van der Waals surface area contributed by atoms with Crippen LogP contribution in [0.25, 0.3) is 0 Å². The lowest BCUT2D eigenvalue weighted by Gasteiger charge is -2.41. The highest BCUT2D eigenvalue weighted by molar-refractivity contribution is 5.31. The van der Waals surface area contributed by atoms with Gasteiger partial charge >= 0.3 is 0 Å². The first kappa shape index (κ1) is 14.1. The number of likely N-dealkylation sites (tertiary alicyclic amines) is 1. The first-order chi connectivity index (χ1) is 9.65. The molecule has 1 aliphatic carbocycles. The molecule has 20 heavy (non-hydrogen) atoms. The number of aliphatic hydroxyl groups excluding tert-OH is 1. The van der Waals surface area contributed by atoms with Crippen molar-refractivity contribution >= 4 is 0 Å². The summed E-state index contributed by atoms with van der Waals surface area (Å²) in [5, 5.41) is 10.9. The van der Waals surface area contributed by atoms with Crippen LogP contribution in [0.15, 0.2) is 24.3 Å². The van der Waals surface area contributed by atoms with Crippen LogP contribution in [0.5, 0.6) is 0 Å². The number of rotatable bonds is 1. The lowest BCUT2D eigenvalue weighted by molar-refractivity contribution is 0.00928. The van der Waals surface area contributed by atoms with Crippen LogP contribution >= 0.6 is 0 Å². The van der Waals surface area contributed by atoms with Crippen molar-refractivity contribution in [1.29, 1.82) is 0 Å². The molecule has 4 atom stereocenters. The van der Waals surface area contributed by atoms with Crippen LogP contribution in [0.1, 0.15) is 50.3 Å². The van der Waals surface area contributed by atoms with E-state index in [1.807, 2.05) is 0 Å². The van der Waals surface area contributed by atoms with E-state index < -0.39 is 0 Å². The van der Waals surface area contributed by atoms with Gasteiger partial charge < -0.3 is 5.11 Å². The fraction of sp³-hybridized carbons (Fsp3) is 0.667. The Kier molecular flexibility index (Phi) is 4.13. The van der Waals surface area contributed by atoms with Gasteiger partial charge in [0.2, 0.25) is 0 Å². The second-order valence-electron chi connectivity index (χ2n) is 7.00. The van der Waals surface area contributed by atoms with Gasteiger partial charge in [-0.2, -0.15) is 0 Å². The van der Waals surface area contributed by atoms with E-state index in [-0.39, 0.29) is 6.10 Å². The predicted molar refractivity (Wildman–Crippen MR) is 82.6 cm³/mol. The summed E-state index contributed by atoms with van der Waals surface area (Å²) < 4.78 is 0. The lowest BCUT2D eigenvalue weighted by Crippen LogP contribution is -2.47. The van der Waals surface area contributed by atoms with E-state index in [0.717, 1.165) is 37.8 Å². The molecule has 1 heterocycles.